The number of amides is 3. The van der Waals surface area contributed by atoms with Crippen molar-refractivity contribution in [2.75, 3.05) is 23.6 Å². The normalized spacial score (nSPS) is 21.1. The third-order valence-corrected chi connectivity index (χ3v) is 7.15. The highest BCUT2D eigenvalue weighted by Crippen LogP contribution is 2.51. The molecule has 0 aliphatic carbocycles. The summed E-state index contributed by atoms with van der Waals surface area (Å²) in [6.45, 7) is -1.51. The van der Waals surface area contributed by atoms with Gasteiger partial charge in [-0.15, -0.1) is 0 Å². The minimum Gasteiger partial charge on any atom is -0.453 e. The Hall–Kier alpha value is -4.10. The third-order valence-electron chi connectivity index (χ3n) is 6.80. The van der Waals surface area contributed by atoms with Gasteiger partial charge in [-0.25, -0.2) is 13.6 Å². The highest BCUT2D eigenvalue weighted by atomic mass is 35.5. The number of ether oxygens (including phenoxy) is 2. The lowest BCUT2D eigenvalue weighted by molar-refractivity contribution is -0.258. The molecule has 2 atom stereocenters. The lowest BCUT2D eigenvalue weighted by Gasteiger charge is -2.27. The summed E-state index contributed by atoms with van der Waals surface area (Å²) in [5.74, 6) is -2.21. The van der Waals surface area contributed by atoms with Gasteiger partial charge >= 0.3 is 12.2 Å². The molecule has 0 saturated carbocycles. The molecule has 0 radical (unpaired) electrons. The molecule has 3 aliphatic rings. The van der Waals surface area contributed by atoms with E-state index in [1.807, 2.05) is 0 Å². The van der Waals surface area contributed by atoms with E-state index in [-0.39, 0.29) is 51.4 Å². The summed E-state index contributed by atoms with van der Waals surface area (Å²) >= 11 is 6.28. The molecule has 3 aromatic carbocycles. The summed E-state index contributed by atoms with van der Waals surface area (Å²) in [6, 6.07) is 4.88. The van der Waals surface area contributed by atoms with Crippen LogP contribution in [0.2, 0.25) is 5.02 Å². The minimum atomic E-state index is -5.24. The molecule has 0 fully saturated rings. The highest BCUT2D eigenvalue weighted by Gasteiger charge is 2.61. The van der Waals surface area contributed by atoms with E-state index in [1.54, 1.807) is 0 Å². The van der Waals surface area contributed by atoms with Gasteiger partial charge in [0.15, 0.2) is 11.5 Å². The van der Waals surface area contributed by atoms with Crippen LogP contribution in [0, 0.1) is 11.6 Å². The number of hydrogen-bond donors (Lipinski definition) is 3. The summed E-state index contributed by atoms with van der Waals surface area (Å²) in [4.78, 5) is 27.0. The Bertz CT molecular complexity index is 1580. The van der Waals surface area contributed by atoms with E-state index in [9.17, 15) is 36.6 Å². The summed E-state index contributed by atoms with van der Waals surface area (Å²) < 4.78 is 80.3. The standard InChI is InChI=1S/C25H15ClF5N3O5/c26-14-3-1-10(27)5-12(14)20-18-15(7-17-21(39-9-38-17)19(18)22(35)33-20)32-23(36)34-8-24(37,25(29,30)31)13-6-11(28)2-4-16(13)34/h1-7,20,37H,8-9H2,(H,32,36)(H,33,35). The van der Waals surface area contributed by atoms with Gasteiger partial charge < -0.3 is 25.2 Å². The van der Waals surface area contributed by atoms with Gasteiger partial charge in [-0.2, -0.15) is 13.2 Å². The maximum Gasteiger partial charge on any atom is 0.423 e. The molecule has 0 saturated heterocycles. The number of nitrogens with zero attached hydrogens (tertiary/aromatic N) is 1. The molecule has 3 aliphatic heterocycles. The summed E-state index contributed by atoms with van der Waals surface area (Å²) in [5.41, 5.74) is -4.60. The quantitative estimate of drug-likeness (QED) is 0.379. The van der Waals surface area contributed by atoms with Crippen molar-refractivity contribution in [2.45, 2.75) is 17.8 Å². The molecule has 3 amide bonds. The first kappa shape index (κ1) is 25.2. The number of benzene rings is 3. The maximum absolute atomic E-state index is 14.1. The SMILES string of the molecule is O=C1NC(c2cc(F)ccc2Cl)c2c(NC(=O)N3CC(O)(C(F)(F)F)c4cc(F)ccc43)cc3c(c21)OCO3. The van der Waals surface area contributed by atoms with Crippen molar-refractivity contribution in [3.63, 3.8) is 0 Å². The van der Waals surface area contributed by atoms with Crippen LogP contribution in [-0.4, -0.2) is 36.6 Å². The van der Waals surface area contributed by atoms with Crippen LogP contribution in [0.1, 0.15) is 33.1 Å². The number of anilines is 2. The van der Waals surface area contributed by atoms with Crippen molar-refractivity contribution in [3.05, 3.63) is 81.4 Å². The smallest absolute Gasteiger partial charge is 0.423 e. The van der Waals surface area contributed by atoms with Crippen molar-refractivity contribution in [3.8, 4) is 11.5 Å². The fraction of sp³-hybridized carbons (Fsp3) is 0.200. The second-order valence-electron chi connectivity index (χ2n) is 9.05. The van der Waals surface area contributed by atoms with E-state index in [1.165, 1.54) is 12.1 Å². The molecule has 0 spiro atoms. The lowest BCUT2D eigenvalue weighted by Crippen LogP contribution is -2.48. The number of rotatable bonds is 2. The van der Waals surface area contributed by atoms with Gasteiger partial charge in [0.25, 0.3) is 5.91 Å². The first-order valence-electron chi connectivity index (χ1n) is 11.3. The average Bonchev–Trinajstić information content (AvgIpc) is 3.55. The Morgan fingerprint density at radius 3 is 2.59 bits per heavy atom. The second kappa shape index (κ2) is 8.45. The molecule has 202 valence electrons. The number of β-amino-alcohol motifs (C(OH)–C–C–N with tert-alkyl or cyclic N) is 1. The fourth-order valence-corrected chi connectivity index (χ4v) is 5.24. The fourth-order valence-electron chi connectivity index (χ4n) is 5.01. The Morgan fingerprint density at radius 1 is 1.13 bits per heavy atom. The second-order valence-corrected chi connectivity index (χ2v) is 9.46. The van der Waals surface area contributed by atoms with Crippen LogP contribution in [0.3, 0.4) is 0 Å². The number of alkyl halides is 3. The van der Waals surface area contributed by atoms with E-state index < -0.39 is 53.5 Å². The van der Waals surface area contributed by atoms with Gasteiger partial charge in [-0.3, -0.25) is 9.69 Å². The molecule has 3 heterocycles. The number of fused-ring (bicyclic) bond motifs is 4. The van der Waals surface area contributed by atoms with Crippen molar-refractivity contribution in [1.29, 1.82) is 0 Å². The molecule has 8 nitrogen and oxygen atoms in total. The van der Waals surface area contributed by atoms with E-state index in [2.05, 4.69) is 10.6 Å². The molecule has 2 unspecified atom stereocenters. The van der Waals surface area contributed by atoms with E-state index in [0.717, 1.165) is 24.3 Å². The lowest BCUT2D eigenvalue weighted by atomic mass is 9.95. The molecule has 3 aromatic rings. The molecular weight excluding hydrogens is 553 g/mol. The molecule has 39 heavy (non-hydrogen) atoms. The van der Waals surface area contributed by atoms with E-state index in [4.69, 9.17) is 21.1 Å². The van der Waals surface area contributed by atoms with Crippen LogP contribution in [0.4, 0.5) is 38.1 Å². The highest BCUT2D eigenvalue weighted by molar-refractivity contribution is 6.31. The largest absolute Gasteiger partial charge is 0.453 e. The molecule has 0 bridgehead atoms. The van der Waals surface area contributed by atoms with Gasteiger partial charge in [-0.1, -0.05) is 11.6 Å². The van der Waals surface area contributed by atoms with E-state index >= 15 is 0 Å². The van der Waals surface area contributed by atoms with Crippen LogP contribution in [0.25, 0.3) is 0 Å². The van der Waals surface area contributed by atoms with Gasteiger partial charge in [0.1, 0.15) is 11.6 Å². The average molecular weight is 568 g/mol. The van der Waals surface area contributed by atoms with Crippen molar-refractivity contribution in [2.24, 2.45) is 0 Å². The van der Waals surface area contributed by atoms with Gasteiger partial charge in [-0.05, 0) is 36.4 Å². The zero-order valence-electron chi connectivity index (χ0n) is 19.3. The number of hydrogen-bond acceptors (Lipinski definition) is 5. The summed E-state index contributed by atoms with van der Waals surface area (Å²) in [5, 5.41) is 15.7. The predicted octanol–water partition coefficient (Wildman–Crippen LogP) is 4.98. The molecule has 0 aromatic heterocycles. The Labute approximate surface area is 220 Å². The zero-order valence-corrected chi connectivity index (χ0v) is 20.1. The van der Waals surface area contributed by atoms with Gasteiger partial charge in [0.2, 0.25) is 12.4 Å². The van der Waals surface area contributed by atoms with Crippen LogP contribution in [-0.2, 0) is 5.60 Å². The predicted molar refractivity (Wildman–Crippen MR) is 126 cm³/mol. The number of halogens is 6. The maximum atomic E-state index is 14.1. The Kier molecular flexibility index (Phi) is 5.46. The zero-order chi connectivity index (χ0) is 27.9. The molecule has 14 heteroatoms. The Morgan fingerprint density at radius 2 is 1.85 bits per heavy atom. The topological polar surface area (TPSA) is 100 Å². The third kappa shape index (κ3) is 3.75. The summed E-state index contributed by atoms with van der Waals surface area (Å²) in [7, 11) is 0. The van der Waals surface area contributed by atoms with E-state index in [0.29, 0.717) is 11.0 Å². The monoisotopic (exact) mass is 567 g/mol. The number of carbonyl (C=O) groups excluding carboxylic acids is 2. The van der Waals surface area contributed by atoms with Gasteiger partial charge in [0, 0.05) is 27.8 Å². The summed E-state index contributed by atoms with van der Waals surface area (Å²) in [6.07, 6.45) is -5.24. The minimum absolute atomic E-state index is 0.0404. The molecule has 3 N–H and O–H groups in total. The van der Waals surface area contributed by atoms with Crippen molar-refractivity contribution < 1.29 is 46.1 Å². The van der Waals surface area contributed by atoms with Crippen molar-refractivity contribution in [1.82, 2.24) is 5.32 Å². The molecule has 6 rings (SSSR count). The van der Waals surface area contributed by atoms with Crippen LogP contribution < -0.4 is 25.0 Å². The molecular formula is C25H15ClF5N3O5. The first-order valence-corrected chi connectivity index (χ1v) is 11.7. The van der Waals surface area contributed by atoms with Crippen LogP contribution in [0.5, 0.6) is 11.5 Å². The van der Waals surface area contributed by atoms with Crippen LogP contribution >= 0.6 is 11.6 Å². The first-order chi connectivity index (χ1) is 18.4. The van der Waals surface area contributed by atoms with Crippen LogP contribution in [0.15, 0.2) is 42.5 Å². The number of carbonyl (C=O) groups is 2. The van der Waals surface area contributed by atoms with Gasteiger partial charge in [0.05, 0.1) is 29.5 Å². The van der Waals surface area contributed by atoms with Crippen molar-refractivity contribution >= 4 is 34.9 Å². The number of urea groups is 1. The Balaban J connectivity index is 1.45. The number of nitrogens with one attached hydrogen (secondary N) is 2. The number of aliphatic hydroxyl groups is 1.